The summed E-state index contributed by atoms with van der Waals surface area (Å²) in [7, 11) is 0. The van der Waals surface area contributed by atoms with Crippen LogP contribution in [0, 0.1) is 5.82 Å². The maximum atomic E-state index is 12.9. The maximum absolute atomic E-state index is 12.9. The van der Waals surface area contributed by atoms with E-state index in [1.165, 1.54) is 17.6 Å². The van der Waals surface area contributed by atoms with Crippen LogP contribution in [0.1, 0.15) is 18.1 Å². The van der Waals surface area contributed by atoms with Gasteiger partial charge in [0.2, 0.25) is 0 Å². The molecule has 0 aliphatic rings. The summed E-state index contributed by atoms with van der Waals surface area (Å²) in [6.07, 6.45) is 2.10. The van der Waals surface area contributed by atoms with Gasteiger partial charge in [0.15, 0.2) is 0 Å². The summed E-state index contributed by atoms with van der Waals surface area (Å²) in [6, 6.07) is 12.2. The number of fused-ring (bicyclic) bond motifs is 1. The van der Waals surface area contributed by atoms with Gasteiger partial charge in [-0.3, -0.25) is 0 Å². The fraction of sp³-hybridized carbons (Fsp3) is 0.222. The van der Waals surface area contributed by atoms with Crippen LogP contribution in [0.2, 0.25) is 0 Å². The molecule has 0 spiro atoms. The van der Waals surface area contributed by atoms with E-state index in [-0.39, 0.29) is 5.82 Å². The average Bonchev–Trinajstić information content (AvgIpc) is 2.92. The van der Waals surface area contributed by atoms with Gasteiger partial charge in [-0.15, -0.1) is 0 Å². The normalized spacial score (nSPS) is 11.0. The molecule has 2 N–H and O–H groups in total. The standard InChI is InChI=1S/C18H19FN2O/c1-2-21-11-14(12-22-16-8-6-15(19)7-9-16)17-5-3-4-13(10-20)18(17)21/h3-9,11H,2,10,12,20H2,1H3. The number of hydrogen-bond acceptors (Lipinski definition) is 2. The highest BCUT2D eigenvalue weighted by Gasteiger charge is 2.11. The van der Waals surface area contributed by atoms with Gasteiger partial charge in [0.05, 0.1) is 5.52 Å². The van der Waals surface area contributed by atoms with Gasteiger partial charge >= 0.3 is 0 Å². The summed E-state index contributed by atoms with van der Waals surface area (Å²) >= 11 is 0. The predicted octanol–water partition coefficient (Wildman–Crippen LogP) is 3.84. The van der Waals surface area contributed by atoms with Crippen molar-refractivity contribution < 1.29 is 9.13 Å². The van der Waals surface area contributed by atoms with Crippen LogP contribution in [0.15, 0.2) is 48.7 Å². The topological polar surface area (TPSA) is 40.2 Å². The lowest BCUT2D eigenvalue weighted by Crippen LogP contribution is -2.00. The number of ether oxygens (including phenoxy) is 1. The predicted molar refractivity (Wildman–Crippen MR) is 86.2 cm³/mol. The number of aryl methyl sites for hydroxylation is 1. The molecule has 0 aliphatic heterocycles. The quantitative estimate of drug-likeness (QED) is 0.777. The van der Waals surface area contributed by atoms with Crippen molar-refractivity contribution in [1.82, 2.24) is 4.57 Å². The van der Waals surface area contributed by atoms with Crippen LogP contribution in [-0.4, -0.2) is 4.57 Å². The van der Waals surface area contributed by atoms with Crippen LogP contribution in [0.25, 0.3) is 10.9 Å². The monoisotopic (exact) mass is 298 g/mol. The van der Waals surface area contributed by atoms with Crippen molar-refractivity contribution >= 4 is 10.9 Å². The lowest BCUT2D eigenvalue weighted by atomic mass is 10.1. The molecule has 0 atom stereocenters. The van der Waals surface area contributed by atoms with E-state index in [1.807, 2.05) is 6.07 Å². The van der Waals surface area contributed by atoms with E-state index in [2.05, 4.69) is 29.8 Å². The molecule has 1 aromatic heterocycles. The van der Waals surface area contributed by atoms with Crippen molar-refractivity contribution in [3.8, 4) is 5.75 Å². The zero-order chi connectivity index (χ0) is 15.5. The van der Waals surface area contributed by atoms with Crippen molar-refractivity contribution in [2.75, 3.05) is 0 Å². The van der Waals surface area contributed by atoms with Crippen LogP contribution in [0.3, 0.4) is 0 Å². The Hall–Kier alpha value is -2.33. The number of benzene rings is 2. The molecular formula is C18H19FN2O. The fourth-order valence-electron chi connectivity index (χ4n) is 2.73. The van der Waals surface area contributed by atoms with Crippen molar-refractivity contribution in [3.63, 3.8) is 0 Å². The van der Waals surface area contributed by atoms with E-state index in [9.17, 15) is 4.39 Å². The minimum absolute atomic E-state index is 0.262. The van der Waals surface area contributed by atoms with Crippen molar-refractivity contribution in [2.45, 2.75) is 26.6 Å². The zero-order valence-electron chi connectivity index (χ0n) is 12.6. The van der Waals surface area contributed by atoms with Crippen molar-refractivity contribution in [1.29, 1.82) is 0 Å². The Balaban J connectivity index is 1.92. The van der Waals surface area contributed by atoms with Gasteiger partial charge in [-0.25, -0.2) is 4.39 Å². The zero-order valence-corrected chi connectivity index (χ0v) is 12.6. The summed E-state index contributed by atoms with van der Waals surface area (Å²) in [5.41, 5.74) is 9.26. The highest BCUT2D eigenvalue weighted by molar-refractivity contribution is 5.86. The third-order valence-electron chi connectivity index (χ3n) is 3.83. The molecule has 3 rings (SSSR count). The molecule has 3 nitrogen and oxygen atoms in total. The lowest BCUT2D eigenvalue weighted by Gasteiger charge is -2.06. The number of para-hydroxylation sites is 1. The number of rotatable bonds is 5. The second-order valence-corrected chi connectivity index (χ2v) is 5.20. The fourth-order valence-corrected chi connectivity index (χ4v) is 2.73. The highest BCUT2D eigenvalue weighted by atomic mass is 19.1. The lowest BCUT2D eigenvalue weighted by molar-refractivity contribution is 0.307. The summed E-state index contributed by atoms with van der Waals surface area (Å²) in [4.78, 5) is 0. The van der Waals surface area contributed by atoms with Gasteiger partial charge in [-0.2, -0.15) is 0 Å². The maximum Gasteiger partial charge on any atom is 0.123 e. The van der Waals surface area contributed by atoms with Gasteiger partial charge in [0.1, 0.15) is 18.2 Å². The molecule has 0 saturated heterocycles. The molecule has 0 bridgehead atoms. The first-order valence-corrected chi connectivity index (χ1v) is 7.41. The van der Waals surface area contributed by atoms with Crippen LogP contribution >= 0.6 is 0 Å². The molecular weight excluding hydrogens is 279 g/mol. The van der Waals surface area contributed by atoms with Crippen LogP contribution < -0.4 is 10.5 Å². The largest absolute Gasteiger partial charge is 0.489 e. The number of halogens is 1. The first kappa shape index (κ1) is 14.6. The van der Waals surface area contributed by atoms with Crippen LogP contribution in [-0.2, 0) is 19.7 Å². The molecule has 1 heterocycles. The molecule has 114 valence electrons. The Morgan fingerprint density at radius 3 is 2.55 bits per heavy atom. The Bertz CT molecular complexity index is 778. The Morgan fingerprint density at radius 1 is 1.09 bits per heavy atom. The number of nitrogens with two attached hydrogens (primary N) is 1. The molecule has 0 fully saturated rings. The molecule has 0 aliphatic carbocycles. The number of nitrogens with zero attached hydrogens (tertiary/aromatic N) is 1. The molecule has 3 aromatic rings. The third kappa shape index (κ3) is 2.70. The Morgan fingerprint density at radius 2 is 1.86 bits per heavy atom. The average molecular weight is 298 g/mol. The molecule has 4 heteroatoms. The summed E-state index contributed by atoms with van der Waals surface area (Å²) in [5.74, 6) is 0.399. The SMILES string of the molecule is CCn1cc(COc2ccc(F)cc2)c2cccc(CN)c21. The van der Waals surface area contributed by atoms with Crippen molar-refractivity contribution in [3.05, 3.63) is 65.6 Å². The summed E-state index contributed by atoms with van der Waals surface area (Å²) < 4.78 is 20.9. The second kappa shape index (κ2) is 6.20. The molecule has 0 radical (unpaired) electrons. The van der Waals surface area contributed by atoms with Gasteiger partial charge in [-0.05, 0) is 36.8 Å². The van der Waals surface area contributed by atoms with Gasteiger partial charge in [-0.1, -0.05) is 18.2 Å². The van der Waals surface area contributed by atoms with E-state index in [0.717, 1.165) is 23.1 Å². The van der Waals surface area contributed by atoms with E-state index in [0.29, 0.717) is 18.9 Å². The third-order valence-corrected chi connectivity index (χ3v) is 3.83. The van der Waals surface area contributed by atoms with Gasteiger partial charge in [0.25, 0.3) is 0 Å². The van der Waals surface area contributed by atoms with Crippen LogP contribution in [0.5, 0.6) is 5.75 Å². The summed E-state index contributed by atoms with van der Waals surface area (Å²) in [6.45, 7) is 3.95. The van der Waals surface area contributed by atoms with E-state index in [1.54, 1.807) is 12.1 Å². The molecule has 0 saturated carbocycles. The molecule has 22 heavy (non-hydrogen) atoms. The second-order valence-electron chi connectivity index (χ2n) is 5.20. The minimum atomic E-state index is -0.262. The number of hydrogen-bond donors (Lipinski definition) is 1. The first-order valence-electron chi connectivity index (χ1n) is 7.41. The summed E-state index contributed by atoms with van der Waals surface area (Å²) in [5, 5.41) is 1.16. The van der Waals surface area contributed by atoms with E-state index < -0.39 is 0 Å². The van der Waals surface area contributed by atoms with Gasteiger partial charge in [0, 0.05) is 30.2 Å². The van der Waals surface area contributed by atoms with E-state index in [4.69, 9.17) is 10.5 Å². The highest BCUT2D eigenvalue weighted by Crippen LogP contribution is 2.26. The number of aromatic nitrogens is 1. The molecule has 2 aromatic carbocycles. The molecule has 0 amide bonds. The van der Waals surface area contributed by atoms with Gasteiger partial charge < -0.3 is 15.0 Å². The van der Waals surface area contributed by atoms with E-state index >= 15 is 0 Å². The van der Waals surface area contributed by atoms with Crippen molar-refractivity contribution in [2.24, 2.45) is 5.73 Å². The molecule has 0 unspecified atom stereocenters. The smallest absolute Gasteiger partial charge is 0.123 e. The first-order chi connectivity index (χ1) is 10.7. The van der Waals surface area contributed by atoms with Crippen LogP contribution in [0.4, 0.5) is 4.39 Å². The Labute approximate surface area is 129 Å². The Kier molecular flexibility index (Phi) is 4.11. The minimum Gasteiger partial charge on any atom is -0.489 e.